The quantitative estimate of drug-likeness (QED) is 0.365. The minimum atomic E-state index is -0.970. The summed E-state index contributed by atoms with van der Waals surface area (Å²) in [5.41, 5.74) is 1.30. The van der Waals surface area contributed by atoms with E-state index in [1.54, 1.807) is 30.4 Å². The van der Waals surface area contributed by atoms with Crippen molar-refractivity contribution < 1.29 is 32.9 Å². The number of hydrogen-bond acceptors (Lipinski definition) is 7. The maximum Gasteiger partial charge on any atom is 0.213 e. The Bertz CT molecular complexity index is 1300. The van der Waals surface area contributed by atoms with Crippen LogP contribution in [0.2, 0.25) is 0 Å². The summed E-state index contributed by atoms with van der Waals surface area (Å²) in [5, 5.41) is 22.7. The Morgan fingerprint density at radius 2 is 2.00 bits per heavy atom. The summed E-state index contributed by atoms with van der Waals surface area (Å²) in [5.74, 6) is -1.23. The van der Waals surface area contributed by atoms with Gasteiger partial charge >= 0.3 is 0 Å². The molecule has 0 bridgehead atoms. The van der Waals surface area contributed by atoms with E-state index in [1.807, 2.05) is 0 Å². The molecule has 0 unspecified atom stereocenters. The van der Waals surface area contributed by atoms with E-state index in [1.165, 1.54) is 13.2 Å². The normalized spacial score (nSPS) is 20.9. The number of nitrogens with one attached hydrogen (secondary N) is 1. The third kappa shape index (κ3) is 6.96. The van der Waals surface area contributed by atoms with Gasteiger partial charge in [-0.3, -0.25) is 4.98 Å². The first kappa shape index (κ1) is 27.7. The Hall–Kier alpha value is -3.31. The van der Waals surface area contributed by atoms with Gasteiger partial charge in [0.2, 0.25) is 5.88 Å². The Morgan fingerprint density at radius 3 is 2.79 bits per heavy atom. The number of nitrogens with zero attached hydrogens (tertiary/aromatic N) is 2. The zero-order valence-electron chi connectivity index (χ0n) is 20.9. The number of rotatable bonds is 10. The van der Waals surface area contributed by atoms with Gasteiger partial charge in [0.05, 0.1) is 43.7 Å². The molecular formula is C28H30F3N3O4. The standard InChI is InChI=1S/C28H30F3N3O4/c1-37-27-11-10-25-28(34-27)21(23(31)15-33-25)7-5-20-6-9-24(26(38-20)14-19(36)16-35)32-12-2-3-17-13-18(29)4-8-22(17)30/h2-5,7-8,10-11,13,15,19-20,24,26,32,35-36H,6,9,12,14,16H2,1H3/b3-2+,7-5?/t19-,20-,24-,26-/m1/s1. The molecule has 1 fully saturated rings. The summed E-state index contributed by atoms with van der Waals surface area (Å²) in [6, 6.07) is 6.45. The summed E-state index contributed by atoms with van der Waals surface area (Å²) >= 11 is 0. The third-order valence-corrected chi connectivity index (χ3v) is 6.39. The Labute approximate surface area is 218 Å². The SMILES string of the molecule is COc1ccc2ncc(F)c(C=C[C@@H]3CC[C@@H](NC/C=C/c4cc(F)ccc4F)[C@@H](C[C@@H](O)CO)O3)c2n1. The molecule has 0 spiro atoms. The van der Waals surface area contributed by atoms with E-state index in [4.69, 9.17) is 9.47 Å². The fourth-order valence-corrected chi connectivity index (χ4v) is 4.42. The van der Waals surface area contributed by atoms with Crippen molar-refractivity contribution in [2.45, 2.75) is 43.6 Å². The highest BCUT2D eigenvalue weighted by Crippen LogP contribution is 2.27. The molecule has 10 heteroatoms. The zero-order chi connectivity index (χ0) is 27.1. The minimum Gasteiger partial charge on any atom is -0.481 e. The molecule has 38 heavy (non-hydrogen) atoms. The van der Waals surface area contributed by atoms with Crippen molar-refractivity contribution in [3.8, 4) is 5.88 Å². The number of halogens is 3. The number of fused-ring (bicyclic) bond motifs is 1. The summed E-state index contributed by atoms with van der Waals surface area (Å²) in [6.07, 6.45) is 7.37. The number of benzene rings is 1. The van der Waals surface area contributed by atoms with Crippen LogP contribution in [0.25, 0.3) is 23.2 Å². The average Bonchev–Trinajstić information content (AvgIpc) is 2.92. The van der Waals surface area contributed by atoms with Crippen molar-refractivity contribution in [1.29, 1.82) is 0 Å². The molecule has 1 saturated heterocycles. The van der Waals surface area contributed by atoms with Crippen molar-refractivity contribution in [1.82, 2.24) is 15.3 Å². The fraction of sp³-hybridized carbons (Fsp3) is 0.357. The number of pyridine rings is 2. The van der Waals surface area contributed by atoms with Gasteiger partial charge in [-0.15, -0.1) is 0 Å². The van der Waals surface area contributed by atoms with Crippen LogP contribution in [0.5, 0.6) is 5.88 Å². The average molecular weight is 530 g/mol. The largest absolute Gasteiger partial charge is 0.481 e. The molecule has 4 rings (SSSR count). The monoisotopic (exact) mass is 529 g/mol. The lowest BCUT2D eigenvalue weighted by Crippen LogP contribution is -2.48. The molecule has 1 aromatic carbocycles. The predicted octanol–water partition coefficient (Wildman–Crippen LogP) is 4.03. The summed E-state index contributed by atoms with van der Waals surface area (Å²) < 4.78 is 53.2. The highest BCUT2D eigenvalue weighted by Gasteiger charge is 2.31. The van der Waals surface area contributed by atoms with Gasteiger partial charge in [-0.2, -0.15) is 0 Å². The van der Waals surface area contributed by atoms with Crippen LogP contribution in [0.1, 0.15) is 30.4 Å². The number of hydrogen-bond donors (Lipinski definition) is 3. The van der Waals surface area contributed by atoms with Crippen molar-refractivity contribution in [3.05, 3.63) is 77.3 Å². The van der Waals surface area contributed by atoms with E-state index in [0.29, 0.717) is 36.3 Å². The van der Waals surface area contributed by atoms with Gasteiger partial charge in [0.15, 0.2) is 5.82 Å². The third-order valence-electron chi connectivity index (χ3n) is 6.39. The van der Waals surface area contributed by atoms with Crippen LogP contribution >= 0.6 is 0 Å². The van der Waals surface area contributed by atoms with Gasteiger partial charge in [0.1, 0.15) is 17.2 Å². The second kappa shape index (κ2) is 13.0. The van der Waals surface area contributed by atoms with Gasteiger partial charge in [-0.05, 0) is 37.1 Å². The molecule has 0 amide bonds. The maximum atomic E-state index is 14.7. The van der Waals surface area contributed by atoms with Crippen molar-refractivity contribution in [2.75, 3.05) is 20.3 Å². The number of aliphatic hydroxyl groups is 2. The van der Waals surface area contributed by atoms with E-state index in [-0.39, 0.29) is 29.7 Å². The Balaban J connectivity index is 1.44. The summed E-state index contributed by atoms with van der Waals surface area (Å²) in [4.78, 5) is 8.41. The molecule has 1 aliphatic rings. The van der Waals surface area contributed by atoms with Crippen LogP contribution < -0.4 is 10.1 Å². The highest BCUT2D eigenvalue weighted by molar-refractivity contribution is 5.84. The predicted molar refractivity (Wildman–Crippen MR) is 138 cm³/mol. The number of ether oxygens (including phenoxy) is 2. The molecule has 202 valence electrons. The van der Waals surface area contributed by atoms with E-state index in [2.05, 4.69) is 15.3 Å². The lowest BCUT2D eigenvalue weighted by Gasteiger charge is -2.37. The number of aromatic nitrogens is 2. The number of aliphatic hydroxyl groups excluding tert-OH is 2. The van der Waals surface area contributed by atoms with Gasteiger partial charge in [0.25, 0.3) is 0 Å². The van der Waals surface area contributed by atoms with E-state index >= 15 is 0 Å². The summed E-state index contributed by atoms with van der Waals surface area (Å²) in [6.45, 7) is -0.0501. The van der Waals surface area contributed by atoms with Gasteiger partial charge in [0, 0.05) is 36.2 Å². The lowest BCUT2D eigenvalue weighted by molar-refractivity contribution is -0.0714. The van der Waals surface area contributed by atoms with Crippen LogP contribution in [0, 0.1) is 17.5 Å². The molecule has 0 aliphatic carbocycles. The summed E-state index contributed by atoms with van der Waals surface area (Å²) in [7, 11) is 1.48. The molecule has 0 radical (unpaired) electrons. The number of methoxy groups -OCH3 is 1. The molecule has 0 saturated carbocycles. The van der Waals surface area contributed by atoms with Crippen molar-refractivity contribution in [2.24, 2.45) is 0 Å². The van der Waals surface area contributed by atoms with Gasteiger partial charge in [-0.25, -0.2) is 18.2 Å². The molecule has 3 aromatic rings. The smallest absolute Gasteiger partial charge is 0.213 e. The fourth-order valence-electron chi connectivity index (χ4n) is 4.42. The van der Waals surface area contributed by atoms with Crippen LogP contribution in [0.4, 0.5) is 13.2 Å². The van der Waals surface area contributed by atoms with Crippen molar-refractivity contribution in [3.63, 3.8) is 0 Å². The minimum absolute atomic E-state index is 0.145. The highest BCUT2D eigenvalue weighted by atomic mass is 19.1. The first-order valence-corrected chi connectivity index (χ1v) is 12.3. The molecule has 3 N–H and O–H groups in total. The van der Waals surface area contributed by atoms with Crippen LogP contribution in [-0.4, -0.2) is 64.8 Å². The first-order valence-electron chi connectivity index (χ1n) is 12.3. The Morgan fingerprint density at radius 1 is 1.16 bits per heavy atom. The molecule has 2 aromatic heterocycles. The molecule has 3 heterocycles. The van der Waals surface area contributed by atoms with E-state index < -0.39 is 36.3 Å². The molecule has 7 nitrogen and oxygen atoms in total. The van der Waals surface area contributed by atoms with E-state index in [9.17, 15) is 23.4 Å². The van der Waals surface area contributed by atoms with Crippen LogP contribution in [0.3, 0.4) is 0 Å². The topological polar surface area (TPSA) is 96.7 Å². The van der Waals surface area contributed by atoms with Crippen LogP contribution in [0.15, 0.2) is 48.7 Å². The maximum absolute atomic E-state index is 14.7. The zero-order valence-corrected chi connectivity index (χ0v) is 20.9. The molecule has 1 aliphatic heterocycles. The molecular weight excluding hydrogens is 499 g/mol. The molecule has 4 atom stereocenters. The van der Waals surface area contributed by atoms with Gasteiger partial charge < -0.3 is 25.0 Å². The second-order valence-corrected chi connectivity index (χ2v) is 9.05. The Kier molecular flexibility index (Phi) is 9.46. The second-order valence-electron chi connectivity index (χ2n) is 9.05. The first-order chi connectivity index (χ1) is 18.4. The van der Waals surface area contributed by atoms with Crippen LogP contribution in [-0.2, 0) is 4.74 Å². The van der Waals surface area contributed by atoms with Gasteiger partial charge in [-0.1, -0.05) is 24.3 Å². The van der Waals surface area contributed by atoms with Crippen molar-refractivity contribution >= 4 is 23.2 Å². The lowest BCUT2D eigenvalue weighted by atomic mass is 9.94. The van der Waals surface area contributed by atoms with E-state index in [0.717, 1.165) is 24.4 Å².